The van der Waals surface area contributed by atoms with Crippen molar-refractivity contribution in [3.05, 3.63) is 0 Å². The van der Waals surface area contributed by atoms with E-state index in [9.17, 15) is 9.36 Å². The van der Waals surface area contributed by atoms with Gasteiger partial charge in [0.05, 0.1) is 12.1 Å². The number of carboxylic acids is 1. The molecule has 0 bridgehead atoms. The summed E-state index contributed by atoms with van der Waals surface area (Å²) in [5, 5.41) is 9.06. The second kappa shape index (κ2) is 13.1. The molecule has 132 valence electrons. The van der Waals surface area contributed by atoms with Gasteiger partial charge in [0.1, 0.15) is 0 Å². The lowest BCUT2D eigenvalue weighted by molar-refractivity contribution is -0.142. The summed E-state index contributed by atoms with van der Waals surface area (Å²) in [5.41, 5.74) is 0. The molecule has 0 aromatic carbocycles. The van der Waals surface area contributed by atoms with E-state index in [1.165, 1.54) is 44.9 Å². The molecule has 0 saturated heterocycles. The van der Waals surface area contributed by atoms with Gasteiger partial charge in [-0.15, -0.1) is 0 Å². The van der Waals surface area contributed by atoms with Crippen molar-refractivity contribution in [1.82, 2.24) is 0 Å². The largest absolute Gasteiger partial charge is 0.481 e. The molecule has 0 aliphatic heterocycles. The number of carboxylic acid groups (broad SMARTS) is 1. The summed E-state index contributed by atoms with van der Waals surface area (Å²) in [5.74, 6) is -1.56. The Labute approximate surface area is 134 Å². The highest BCUT2D eigenvalue weighted by Crippen LogP contribution is 2.36. The first-order valence-electron chi connectivity index (χ1n) is 8.64. The molecule has 0 aliphatic carbocycles. The third-order valence-electron chi connectivity index (χ3n) is 4.02. The monoisotopic (exact) mass is 336 g/mol. The van der Waals surface area contributed by atoms with Crippen LogP contribution < -0.4 is 0 Å². The molecule has 0 fully saturated rings. The van der Waals surface area contributed by atoms with Crippen LogP contribution in [-0.2, 0) is 9.36 Å². The highest BCUT2D eigenvalue weighted by Gasteiger charge is 2.22. The molecule has 1 atom stereocenters. The first-order valence-corrected chi connectivity index (χ1v) is 10.4. The Morgan fingerprint density at radius 3 is 1.73 bits per heavy atom. The topological polar surface area (TPSA) is 94.8 Å². The number of carbonyl (C=O) groups is 1. The fourth-order valence-electron chi connectivity index (χ4n) is 2.59. The normalized spacial score (nSPS) is 13.2. The van der Waals surface area contributed by atoms with E-state index in [-0.39, 0.29) is 12.6 Å². The van der Waals surface area contributed by atoms with E-state index in [2.05, 4.69) is 6.92 Å². The van der Waals surface area contributed by atoms with Crippen LogP contribution in [0.2, 0.25) is 0 Å². The number of rotatable bonds is 15. The first kappa shape index (κ1) is 21.6. The van der Waals surface area contributed by atoms with E-state index < -0.39 is 19.5 Å². The summed E-state index contributed by atoms with van der Waals surface area (Å²) in [6.45, 7) is 2.21. The van der Waals surface area contributed by atoms with Gasteiger partial charge in [-0.05, 0) is 12.8 Å². The van der Waals surface area contributed by atoms with Gasteiger partial charge in [0.15, 0.2) is 0 Å². The molecule has 0 amide bonds. The Balaban J connectivity index is 3.57. The van der Waals surface area contributed by atoms with Crippen LogP contribution in [0.5, 0.6) is 0 Å². The lowest BCUT2D eigenvalue weighted by Gasteiger charge is -2.12. The average molecular weight is 336 g/mol. The molecule has 0 saturated carbocycles. The molecule has 0 aromatic rings. The number of hydrogen-bond donors (Lipinski definition) is 3. The van der Waals surface area contributed by atoms with Crippen LogP contribution in [0.15, 0.2) is 0 Å². The van der Waals surface area contributed by atoms with Crippen LogP contribution in [0.25, 0.3) is 0 Å². The summed E-state index contributed by atoms with van der Waals surface area (Å²) in [6.07, 6.45) is 12.2. The van der Waals surface area contributed by atoms with Crippen molar-refractivity contribution >= 4 is 13.6 Å². The summed E-state index contributed by atoms with van der Waals surface area (Å²) in [4.78, 5) is 28.7. The molecule has 5 nitrogen and oxygen atoms in total. The zero-order valence-corrected chi connectivity index (χ0v) is 14.8. The summed E-state index contributed by atoms with van der Waals surface area (Å²) in [6, 6.07) is 0. The zero-order chi connectivity index (χ0) is 16.8. The fraction of sp³-hybridized carbons (Fsp3) is 0.938. The second-order valence-electron chi connectivity index (χ2n) is 6.18. The molecule has 0 radical (unpaired) electrons. The van der Waals surface area contributed by atoms with Crippen molar-refractivity contribution in [3.8, 4) is 0 Å². The van der Waals surface area contributed by atoms with E-state index in [0.717, 1.165) is 19.3 Å². The van der Waals surface area contributed by atoms with Crippen LogP contribution in [-0.4, -0.2) is 27.0 Å². The van der Waals surface area contributed by atoms with Gasteiger partial charge in [-0.1, -0.05) is 71.1 Å². The first-order chi connectivity index (χ1) is 10.4. The molecule has 0 rings (SSSR count). The van der Waals surface area contributed by atoms with Crippen molar-refractivity contribution < 1.29 is 24.3 Å². The van der Waals surface area contributed by atoms with Gasteiger partial charge >= 0.3 is 13.6 Å². The van der Waals surface area contributed by atoms with Crippen LogP contribution in [0.1, 0.15) is 84.0 Å². The number of aliphatic carboxylic acids is 1. The standard InChI is InChI=1S/C16H33O5P/c1-2-3-4-5-6-7-8-9-10-11-12-15(16(17)18)13-14-22(19,20)21/h15H,2-14H2,1H3,(H,17,18)(H2,19,20,21). The second-order valence-corrected chi connectivity index (χ2v) is 7.96. The predicted molar refractivity (Wildman–Crippen MR) is 89.1 cm³/mol. The van der Waals surface area contributed by atoms with E-state index in [1.807, 2.05) is 0 Å². The van der Waals surface area contributed by atoms with Crippen molar-refractivity contribution in [2.75, 3.05) is 6.16 Å². The van der Waals surface area contributed by atoms with Crippen LogP contribution in [0.4, 0.5) is 0 Å². The molecule has 0 heterocycles. The van der Waals surface area contributed by atoms with Crippen molar-refractivity contribution in [1.29, 1.82) is 0 Å². The van der Waals surface area contributed by atoms with Crippen LogP contribution >= 0.6 is 7.60 Å². The van der Waals surface area contributed by atoms with Gasteiger partial charge in [-0.2, -0.15) is 0 Å². The van der Waals surface area contributed by atoms with E-state index >= 15 is 0 Å². The summed E-state index contributed by atoms with van der Waals surface area (Å²) < 4.78 is 10.8. The number of hydrogen-bond acceptors (Lipinski definition) is 2. The predicted octanol–water partition coefficient (Wildman–Crippen LogP) is 4.57. The van der Waals surface area contributed by atoms with E-state index in [4.69, 9.17) is 14.9 Å². The van der Waals surface area contributed by atoms with Gasteiger partial charge in [0.2, 0.25) is 0 Å². The molecule has 0 aliphatic rings. The minimum atomic E-state index is -4.09. The Morgan fingerprint density at radius 1 is 0.864 bits per heavy atom. The van der Waals surface area contributed by atoms with E-state index in [1.54, 1.807) is 0 Å². The molecule has 22 heavy (non-hydrogen) atoms. The molecule has 6 heteroatoms. The SMILES string of the molecule is CCCCCCCCCCCCC(CCP(=O)(O)O)C(=O)O. The molecule has 3 N–H and O–H groups in total. The smallest absolute Gasteiger partial charge is 0.325 e. The quantitative estimate of drug-likeness (QED) is 0.301. The molecular weight excluding hydrogens is 303 g/mol. The van der Waals surface area contributed by atoms with Gasteiger partial charge in [-0.25, -0.2) is 0 Å². The van der Waals surface area contributed by atoms with Gasteiger partial charge < -0.3 is 14.9 Å². The lowest BCUT2D eigenvalue weighted by atomic mass is 9.98. The third-order valence-corrected chi connectivity index (χ3v) is 4.87. The lowest BCUT2D eigenvalue weighted by Crippen LogP contribution is -2.15. The Kier molecular flexibility index (Phi) is 12.9. The Bertz CT molecular complexity index is 326. The van der Waals surface area contributed by atoms with Crippen molar-refractivity contribution in [2.24, 2.45) is 5.92 Å². The maximum Gasteiger partial charge on any atom is 0.325 e. The third kappa shape index (κ3) is 14.6. The highest BCUT2D eigenvalue weighted by atomic mass is 31.2. The van der Waals surface area contributed by atoms with Crippen LogP contribution in [0.3, 0.4) is 0 Å². The molecular formula is C16H33O5P. The van der Waals surface area contributed by atoms with Gasteiger partial charge in [-0.3, -0.25) is 9.36 Å². The maximum absolute atomic E-state index is 11.1. The maximum atomic E-state index is 11.1. The minimum absolute atomic E-state index is 0.0665. The molecule has 0 aromatic heterocycles. The Morgan fingerprint density at radius 2 is 1.32 bits per heavy atom. The van der Waals surface area contributed by atoms with E-state index in [0.29, 0.717) is 6.42 Å². The minimum Gasteiger partial charge on any atom is -0.481 e. The summed E-state index contributed by atoms with van der Waals surface area (Å²) >= 11 is 0. The fourth-order valence-corrected chi connectivity index (χ4v) is 3.24. The van der Waals surface area contributed by atoms with Crippen molar-refractivity contribution in [2.45, 2.75) is 84.0 Å². The summed E-state index contributed by atoms with van der Waals surface area (Å²) in [7, 11) is -4.09. The van der Waals surface area contributed by atoms with Gasteiger partial charge in [0.25, 0.3) is 0 Å². The van der Waals surface area contributed by atoms with Crippen molar-refractivity contribution in [3.63, 3.8) is 0 Å². The van der Waals surface area contributed by atoms with Gasteiger partial charge in [0, 0.05) is 0 Å². The molecule has 0 spiro atoms. The Hall–Kier alpha value is -0.380. The number of unbranched alkanes of at least 4 members (excludes halogenated alkanes) is 9. The highest BCUT2D eigenvalue weighted by molar-refractivity contribution is 7.51. The zero-order valence-electron chi connectivity index (χ0n) is 13.9. The molecule has 1 unspecified atom stereocenters. The average Bonchev–Trinajstić information content (AvgIpc) is 2.42. The van der Waals surface area contributed by atoms with Crippen LogP contribution in [0, 0.1) is 5.92 Å².